The topological polar surface area (TPSA) is 53.4 Å². The van der Waals surface area contributed by atoms with Gasteiger partial charge in [-0.3, -0.25) is 4.98 Å². The Morgan fingerprint density at radius 2 is 2.17 bits per heavy atom. The van der Waals surface area contributed by atoms with Crippen LogP contribution in [0.4, 0.5) is 0 Å². The van der Waals surface area contributed by atoms with E-state index in [4.69, 9.17) is 0 Å². The minimum Gasteiger partial charge on any atom is -0.386 e. The summed E-state index contributed by atoms with van der Waals surface area (Å²) < 4.78 is 0. The highest BCUT2D eigenvalue weighted by Gasteiger charge is 2.22. The fourth-order valence-corrected chi connectivity index (χ4v) is 1.29. The van der Waals surface area contributed by atoms with E-state index in [1.54, 1.807) is 24.4 Å². The summed E-state index contributed by atoms with van der Waals surface area (Å²) >= 11 is 0. The van der Waals surface area contributed by atoms with Crippen molar-refractivity contribution in [2.45, 2.75) is 12.2 Å². The molecule has 0 aliphatic heterocycles. The number of hydrogen-bond donors (Lipinski definition) is 2. The smallest absolute Gasteiger partial charge is 0.126 e. The van der Waals surface area contributed by atoms with Crippen LogP contribution in [0.3, 0.4) is 0 Å². The lowest BCUT2D eigenvalue weighted by atomic mass is 9.98. The number of hydrogen-bond acceptors (Lipinski definition) is 3. The second-order valence-corrected chi connectivity index (χ2v) is 2.77. The molecule has 3 nitrogen and oxygen atoms in total. The van der Waals surface area contributed by atoms with Gasteiger partial charge >= 0.3 is 0 Å². The lowest BCUT2D eigenvalue weighted by Gasteiger charge is -2.19. The first kappa shape index (κ1) is 7.46. The van der Waals surface area contributed by atoms with Gasteiger partial charge in [-0.05, 0) is 11.6 Å². The van der Waals surface area contributed by atoms with Crippen LogP contribution in [0.1, 0.15) is 17.4 Å². The highest BCUT2D eigenvalue weighted by atomic mass is 16.3. The first-order valence-corrected chi connectivity index (χ1v) is 3.78. The number of nitrogens with zero attached hydrogens (tertiary/aromatic N) is 1. The van der Waals surface area contributed by atoms with E-state index in [0.29, 0.717) is 5.69 Å². The van der Waals surface area contributed by atoms with E-state index in [0.717, 1.165) is 5.56 Å². The van der Waals surface area contributed by atoms with Gasteiger partial charge in [0.15, 0.2) is 0 Å². The average Bonchev–Trinajstić information content (AvgIpc) is 2.12. The molecule has 0 unspecified atom stereocenters. The molecular formula is C9H9NO2. The zero-order valence-electron chi connectivity index (χ0n) is 6.38. The molecule has 1 aromatic rings. The quantitative estimate of drug-likeness (QED) is 0.585. The highest BCUT2D eigenvalue weighted by molar-refractivity contribution is 5.55. The van der Waals surface area contributed by atoms with Gasteiger partial charge in [-0.15, -0.1) is 0 Å². The van der Waals surface area contributed by atoms with Gasteiger partial charge in [-0.25, -0.2) is 0 Å². The SMILES string of the molecule is O[C@@H]1C=Cc2cccnc2[C@H]1O. The summed E-state index contributed by atoms with van der Waals surface area (Å²) in [6, 6.07) is 3.65. The first-order valence-electron chi connectivity index (χ1n) is 3.78. The standard InChI is InChI=1S/C9H9NO2/c11-7-4-3-6-2-1-5-10-8(6)9(7)12/h1-5,7,9,11-12H/t7-,9+/m1/s1. The average molecular weight is 163 g/mol. The fourth-order valence-electron chi connectivity index (χ4n) is 1.29. The van der Waals surface area contributed by atoms with Crippen molar-refractivity contribution in [1.29, 1.82) is 0 Å². The molecule has 1 heterocycles. The normalized spacial score (nSPS) is 26.8. The van der Waals surface area contributed by atoms with Crippen LogP contribution in [0.5, 0.6) is 0 Å². The van der Waals surface area contributed by atoms with Crippen molar-refractivity contribution in [3.8, 4) is 0 Å². The van der Waals surface area contributed by atoms with Gasteiger partial charge in [-0.1, -0.05) is 18.2 Å². The molecule has 2 N–H and O–H groups in total. The Hall–Kier alpha value is -1.19. The van der Waals surface area contributed by atoms with E-state index in [1.807, 2.05) is 6.07 Å². The molecule has 12 heavy (non-hydrogen) atoms. The number of fused-ring (bicyclic) bond motifs is 1. The van der Waals surface area contributed by atoms with E-state index < -0.39 is 12.2 Å². The second-order valence-electron chi connectivity index (χ2n) is 2.77. The minimum absolute atomic E-state index is 0.549. The molecule has 2 rings (SSSR count). The monoisotopic (exact) mass is 163 g/mol. The Labute approximate surface area is 70.0 Å². The number of rotatable bonds is 0. The summed E-state index contributed by atoms with van der Waals surface area (Å²) in [4.78, 5) is 3.99. The molecule has 0 amide bonds. The third kappa shape index (κ3) is 1.03. The summed E-state index contributed by atoms with van der Waals surface area (Å²) in [5.41, 5.74) is 1.42. The second kappa shape index (κ2) is 2.69. The molecule has 0 bridgehead atoms. The van der Waals surface area contributed by atoms with Crippen LogP contribution >= 0.6 is 0 Å². The van der Waals surface area contributed by atoms with Crippen molar-refractivity contribution in [1.82, 2.24) is 4.98 Å². The third-order valence-electron chi connectivity index (χ3n) is 1.95. The van der Waals surface area contributed by atoms with Crippen molar-refractivity contribution in [2.24, 2.45) is 0 Å². The number of pyridine rings is 1. The molecule has 3 heteroatoms. The van der Waals surface area contributed by atoms with E-state index in [1.165, 1.54) is 0 Å². The van der Waals surface area contributed by atoms with Gasteiger partial charge in [0.05, 0.1) is 5.69 Å². The van der Waals surface area contributed by atoms with Gasteiger partial charge < -0.3 is 10.2 Å². The van der Waals surface area contributed by atoms with Crippen LogP contribution in [-0.4, -0.2) is 21.3 Å². The van der Waals surface area contributed by atoms with Crippen LogP contribution in [0, 0.1) is 0 Å². The van der Waals surface area contributed by atoms with E-state index in [2.05, 4.69) is 4.98 Å². The Morgan fingerprint density at radius 1 is 1.33 bits per heavy atom. The maximum Gasteiger partial charge on any atom is 0.126 e. The summed E-state index contributed by atoms with van der Waals surface area (Å²) in [6.07, 6.45) is 3.22. The molecule has 62 valence electrons. The molecule has 1 aromatic heterocycles. The van der Waals surface area contributed by atoms with Crippen LogP contribution in [0.25, 0.3) is 6.08 Å². The first-order chi connectivity index (χ1) is 5.79. The van der Waals surface area contributed by atoms with Gasteiger partial charge in [0.25, 0.3) is 0 Å². The number of aliphatic hydroxyl groups excluding tert-OH is 2. The van der Waals surface area contributed by atoms with E-state index in [-0.39, 0.29) is 0 Å². The molecule has 0 fully saturated rings. The van der Waals surface area contributed by atoms with Crippen molar-refractivity contribution < 1.29 is 10.2 Å². The number of aliphatic hydroxyl groups is 2. The van der Waals surface area contributed by atoms with Crippen molar-refractivity contribution >= 4 is 6.08 Å². The molecule has 0 saturated heterocycles. The molecule has 1 aliphatic carbocycles. The minimum atomic E-state index is -0.883. The lowest BCUT2D eigenvalue weighted by molar-refractivity contribution is 0.0440. The zero-order valence-corrected chi connectivity index (χ0v) is 6.38. The lowest BCUT2D eigenvalue weighted by Crippen LogP contribution is -2.20. The zero-order chi connectivity index (χ0) is 8.55. The summed E-state index contributed by atoms with van der Waals surface area (Å²) in [7, 11) is 0. The van der Waals surface area contributed by atoms with Crippen LogP contribution in [0.15, 0.2) is 24.4 Å². The molecule has 0 aromatic carbocycles. The summed E-state index contributed by atoms with van der Waals surface area (Å²) in [6.45, 7) is 0. The van der Waals surface area contributed by atoms with Gasteiger partial charge in [0, 0.05) is 6.20 Å². The van der Waals surface area contributed by atoms with Crippen LogP contribution in [0.2, 0.25) is 0 Å². The van der Waals surface area contributed by atoms with Crippen LogP contribution < -0.4 is 0 Å². The van der Waals surface area contributed by atoms with Crippen molar-refractivity contribution in [3.63, 3.8) is 0 Å². The van der Waals surface area contributed by atoms with Crippen molar-refractivity contribution in [2.75, 3.05) is 0 Å². The molecular weight excluding hydrogens is 154 g/mol. The molecule has 0 saturated carbocycles. The summed E-state index contributed by atoms with van der Waals surface area (Å²) in [5, 5.41) is 18.7. The highest BCUT2D eigenvalue weighted by Crippen LogP contribution is 2.25. The fraction of sp³-hybridized carbons (Fsp3) is 0.222. The Kier molecular flexibility index (Phi) is 1.67. The summed E-state index contributed by atoms with van der Waals surface area (Å²) in [5.74, 6) is 0. The maximum absolute atomic E-state index is 9.47. The molecule has 0 spiro atoms. The molecule has 1 aliphatic rings. The predicted molar refractivity (Wildman–Crippen MR) is 44.2 cm³/mol. The van der Waals surface area contributed by atoms with Crippen LogP contribution in [-0.2, 0) is 0 Å². The Balaban J connectivity index is 2.52. The van der Waals surface area contributed by atoms with E-state index >= 15 is 0 Å². The van der Waals surface area contributed by atoms with Crippen molar-refractivity contribution in [3.05, 3.63) is 35.7 Å². The Bertz CT molecular complexity index is 322. The largest absolute Gasteiger partial charge is 0.386 e. The van der Waals surface area contributed by atoms with Gasteiger partial charge in [0.1, 0.15) is 12.2 Å². The Morgan fingerprint density at radius 3 is 3.00 bits per heavy atom. The van der Waals surface area contributed by atoms with E-state index in [9.17, 15) is 10.2 Å². The predicted octanol–water partition coefficient (Wildman–Crippen LogP) is 0.503. The van der Waals surface area contributed by atoms with Gasteiger partial charge in [0.2, 0.25) is 0 Å². The molecule has 2 atom stereocenters. The molecule has 0 radical (unpaired) electrons. The number of aromatic nitrogens is 1. The third-order valence-corrected chi connectivity index (χ3v) is 1.95. The van der Waals surface area contributed by atoms with Gasteiger partial charge in [-0.2, -0.15) is 0 Å². The maximum atomic E-state index is 9.47.